The van der Waals surface area contributed by atoms with Crippen LogP contribution in [0.4, 0.5) is 11.6 Å². The first-order chi connectivity index (χ1) is 21.4. The predicted octanol–water partition coefficient (Wildman–Crippen LogP) is 4.68. The van der Waals surface area contributed by atoms with Gasteiger partial charge in [-0.05, 0) is 50.5 Å². The topological polar surface area (TPSA) is 145 Å². The molecule has 3 aromatic rings. The van der Waals surface area contributed by atoms with E-state index in [1.165, 1.54) is 35.1 Å². The van der Waals surface area contributed by atoms with Crippen molar-refractivity contribution in [3.05, 3.63) is 48.3 Å². The molecule has 0 bridgehead atoms. The highest BCUT2D eigenvalue weighted by molar-refractivity contribution is 8.21. The first-order valence-electron chi connectivity index (χ1n) is 13.7. The van der Waals surface area contributed by atoms with Gasteiger partial charge in [-0.25, -0.2) is 27.8 Å². The van der Waals surface area contributed by atoms with Crippen molar-refractivity contribution in [2.24, 2.45) is 11.3 Å². The van der Waals surface area contributed by atoms with Gasteiger partial charge in [0.2, 0.25) is 5.88 Å². The van der Waals surface area contributed by atoms with Gasteiger partial charge in [0.1, 0.15) is 38.8 Å². The number of carbonyl (C=O) groups is 1. The molecule has 0 aliphatic carbocycles. The van der Waals surface area contributed by atoms with Crippen molar-refractivity contribution in [2.45, 2.75) is 47.9 Å². The molecule has 0 spiro atoms. The Bertz CT molecular complexity index is 1720. The molecule has 4 rings (SSSR count). The Labute approximate surface area is 323 Å². The number of nitrogens with zero attached hydrogens (tertiary/aromatic N) is 5. The fourth-order valence-corrected chi connectivity index (χ4v) is 12.5. The molecule has 1 aliphatic heterocycles. The molecule has 1 aliphatic rings. The zero-order chi connectivity index (χ0) is 35.4. The van der Waals surface area contributed by atoms with E-state index in [0.29, 0.717) is 12.4 Å². The number of nitrogen functional groups attached to an aromatic ring is 1. The zero-order valence-electron chi connectivity index (χ0n) is 25.1. The quantitative estimate of drug-likeness (QED) is 0.0982. The molecular formula is C26H35N7O4S10. The molecule has 1 saturated heterocycles. The second-order valence-electron chi connectivity index (χ2n) is 11.8. The number of pyridine rings is 2. The maximum atomic E-state index is 13.6. The van der Waals surface area contributed by atoms with E-state index in [1.54, 1.807) is 12.3 Å². The third-order valence-electron chi connectivity index (χ3n) is 7.70. The van der Waals surface area contributed by atoms with Crippen molar-refractivity contribution in [3.8, 4) is 11.7 Å². The van der Waals surface area contributed by atoms with Crippen LogP contribution in [0.5, 0.6) is 5.88 Å². The molecule has 47 heavy (non-hydrogen) atoms. The summed E-state index contributed by atoms with van der Waals surface area (Å²) in [6.07, 6.45) is 3.78. The molecule has 1 atom stereocenters. The number of thiol groups is 9. The Morgan fingerprint density at radius 1 is 1.04 bits per heavy atom. The monoisotopic (exact) mass is 829 g/mol. The van der Waals surface area contributed by atoms with Gasteiger partial charge in [-0.2, -0.15) is 114 Å². The van der Waals surface area contributed by atoms with E-state index in [2.05, 4.69) is 135 Å². The van der Waals surface area contributed by atoms with Gasteiger partial charge in [0, 0.05) is 30.5 Å². The van der Waals surface area contributed by atoms with Gasteiger partial charge in [0.15, 0.2) is 5.82 Å². The van der Waals surface area contributed by atoms with Gasteiger partial charge in [0.25, 0.3) is 15.9 Å². The summed E-state index contributed by atoms with van der Waals surface area (Å²) in [4.78, 5) is 23.9. The third-order valence-corrected chi connectivity index (χ3v) is 12.5. The summed E-state index contributed by atoms with van der Waals surface area (Å²) in [6, 6.07) is 7.30. The molecule has 0 radical (unpaired) electrons. The van der Waals surface area contributed by atoms with Crippen LogP contribution in [0.15, 0.2) is 47.6 Å². The minimum Gasteiger partial charge on any atom is -0.476 e. The van der Waals surface area contributed by atoms with Crippen LogP contribution in [0.1, 0.15) is 37.6 Å². The van der Waals surface area contributed by atoms with Gasteiger partial charge in [-0.1, -0.05) is 6.92 Å². The number of nitrogens with two attached hydrogens (primary N) is 1. The van der Waals surface area contributed by atoms with E-state index >= 15 is 0 Å². The summed E-state index contributed by atoms with van der Waals surface area (Å²) >= 11 is 40.7. The molecule has 4 heterocycles. The van der Waals surface area contributed by atoms with Gasteiger partial charge in [0.05, 0.1) is 5.56 Å². The largest absolute Gasteiger partial charge is 0.476 e. The molecule has 0 aromatic carbocycles. The standard InChI is InChI=1S/C26H35N7O4S10/c1-14-11-22(2,3)32(12-14)20-15(21(34)31-47(35,36)16-5-4-9-28-19(16)27)6-7-17(29-20)33-10-8-18(30-33)37-13-23(24(38,39)40,25(41,42)43)26(44,45)46/h4-10,14,38-46H,11-13H2,1-3H3,(H2,27,28)(H,31,34)/t14-/m0/s1. The highest BCUT2D eigenvalue weighted by atomic mass is 32.2. The SMILES string of the molecule is C[C@@H]1CN(c2nc(-n3ccc(OCC(C(S)(S)S)(C(S)(S)S)C(S)(S)S)n3)ccc2C(=O)NS(=O)(=O)c2cccnc2N)C(C)(C)C1. The van der Waals surface area contributed by atoms with Crippen LogP contribution in [0.3, 0.4) is 0 Å². The number of rotatable bonds is 11. The summed E-state index contributed by atoms with van der Waals surface area (Å²) in [6.45, 7) is 6.52. The summed E-state index contributed by atoms with van der Waals surface area (Å²) < 4.78 is 31.5. The lowest BCUT2D eigenvalue weighted by molar-refractivity contribution is 0.0981. The van der Waals surface area contributed by atoms with E-state index in [9.17, 15) is 13.2 Å². The fraction of sp³-hybridized carbons (Fsp3) is 0.462. The predicted molar refractivity (Wildman–Crippen MR) is 217 cm³/mol. The summed E-state index contributed by atoms with van der Waals surface area (Å²) in [7, 11) is -4.34. The lowest BCUT2D eigenvalue weighted by Gasteiger charge is -2.54. The molecule has 1 fully saturated rings. The first kappa shape index (κ1) is 39.3. The summed E-state index contributed by atoms with van der Waals surface area (Å²) in [5, 5.41) is 4.50. The molecule has 258 valence electrons. The number of amides is 1. The molecule has 11 nitrogen and oxygen atoms in total. The summed E-state index contributed by atoms with van der Waals surface area (Å²) in [5.41, 5.74) is 3.99. The van der Waals surface area contributed by atoms with Crippen molar-refractivity contribution < 1.29 is 17.9 Å². The van der Waals surface area contributed by atoms with Crippen molar-refractivity contribution in [2.75, 3.05) is 23.8 Å². The molecule has 3 N–H and O–H groups in total. The van der Waals surface area contributed by atoms with Crippen molar-refractivity contribution in [3.63, 3.8) is 0 Å². The van der Waals surface area contributed by atoms with Crippen molar-refractivity contribution >= 4 is 141 Å². The molecule has 3 aromatic heterocycles. The lowest BCUT2D eigenvalue weighted by atomic mass is 9.94. The van der Waals surface area contributed by atoms with Gasteiger partial charge < -0.3 is 15.4 Å². The number of sulfonamides is 1. The van der Waals surface area contributed by atoms with E-state index in [4.69, 9.17) is 15.5 Å². The third kappa shape index (κ3) is 8.03. The number of anilines is 2. The Hall–Kier alpha value is -0.520. The van der Waals surface area contributed by atoms with Crippen LogP contribution in [-0.4, -0.2) is 63.0 Å². The van der Waals surface area contributed by atoms with Crippen molar-refractivity contribution in [1.82, 2.24) is 24.5 Å². The first-order valence-corrected chi connectivity index (χ1v) is 19.2. The number of aromatic nitrogens is 4. The number of ether oxygens (including phenoxy) is 1. The number of nitrogens with one attached hydrogen (secondary N) is 1. The minimum absolute atomic E-state index is 0.0448. The van der Waals surface area contributed by atoms with E-state index < -0.39 is 37.1 Å². The van der Waals surface area contributed by atoms with Crippen LogP contribution in [-0.2, 0) is 10.0 Å². The molecule has 1 amide bonds. The minimum atomic E-state index is -4.34. The lowest BCUT2D eigenvalue weighted by Crippen LogP contribution is -2.59. The van der Waals surface area contributed by atoms with Crippen LogP contribution in [0, 0.1) is 11.3 Å². The molecular weight excluding hydrogens is 795 g/mol. The highest BCUT2D eigenvalue weighted by Crippen LogP contribution is 2.65. The molecule has 0 saturated carbocycles. The molecule has 0 unspecified atom stereocenters. The second kappa shape index (κ2) is 13.9. The average Bonchev–Trinajstić information content (AvgIpc) is 3.48. The zero-order valence-corrected chi connectivity index (χ0v) is 34.0. The van der Waals surface area contributed by atoms with Gasteiger partial charge >= 0.3 is 0 Å². The summed E-state index contributed by atoms with van der Waals surface area (Å²) in [5.74, 6) is -0.0642. The Balaban J connectivity index is 1.71. The average molecular weight is 830 g/mol. The van der Waals surface area contributed by atoms with Crippen LogP contribution in [0.25, 0.3) is 5.82 Å². The highest BCUT2D eigenvalue weighted by Gasteiger charge is 2.65. The molecule has 21 heteroatoms. The van der Waals surface area contributed by atoms with E-state index in [0.717, 1.165) is 6.42 Å². The maximum absolute atomic E-state index is 13.6. The fourth-order valence-electron chi connectivity index (χ4n) is 5.43. The number of carbonyl (C=O) groups excluding carboxylic acids is 1. The smallest absolute Gasteiger partial charge is 0.268 e. The van der Waals surface area contributed by atoms with E-state index in [1.807, 2.05) is 18.7 Å². The van der Waals surface area contributed by atoms with Crippen LogP contribution >= 0.6 is 114 Å². The Kier molecular flexibility index (Phi) is 11.6. The van der Waals surface area contributed by atoms with Gasteiger partial charge in [-0.3, -0.25) is 4.79 Å². The van der Waals surface area contributed by atoms with Gasteiger partial charge in [-0.15, -0.1) is 5.10 Å². The van der Waals surface area contributed by atoms with Crippen LogP contribution < -0.4 is 20.1 Å². The normalized spacial score (nSPS) is 17.5. The Morgan fingerprint density at radius 2 is 1.66 bits per heavy atom. The maximum Gasteiger partial charge on any atom is 0.268 e. The number of hydrogen-bond acceptors (Lipinski definition) is 18. The number of hydrogen-bond donors (Lipinski definition) is 11. The van der Waals surface area contributed by atoms with Crippen LogP contribution in [0.2, 0.25) is 0 Å². The van der Waals surface area contributed by atoms with E-state index in [-0.39, 0.29) is 40.5 Å². The van der Waals surface area contributed by atoms with Crippen molar-refractivity contribution in [1.29, 1.82) is 0 Å². The Morgan fingerprint density at radius 3 is 2.19 bits per heavy atom. The second-order valence-corrected chi connectivity index (χ2v) is 22.7.